The number of nitrogen functional groups attached to an aromatic ring is 1. The molecule has 1 saturated heterocycles. The number of anilines is 2. The highest BCUT2D eigenvalue weighted by Gasteiger charge is 2.29. The Morgan fingerprint density at radius 3 is 2.63 bits per heavy atom. The Bertz CT molecular complexity index is 945. The van der Waals surface area contributed by atoms with Gasteiger partial charge in [-0.05, 0) is 13.1 Å². The van der Waals surface area contributed by atoms with Crippen LogP contribution in [0.3, 0.4) is 0 Å². The maximum absolute atomic E-state index is 6.23. The minimum absolute atomic E-state index is 0.139. The Morgan fingerprint density at radius 1 is 1.15 bits per heavy atom. The van der Waals surface area contributed by atoms with E-state index in [0.717, 1.165) is 36.4 Å². The van der Waals surface area contributed by atoms with Crippen LogP contribution < -0.4 is 20.1 Å². The van der Waals surface area contributed by atoms with E-state index in [1.807, 2.05) is 18.3 Å². The maximum atomic E-state index is 6.23. The molecule has 1 atom stereocenters. The molecule has 27 heavy (non-hydrogen) atoms. The average molecular weight is 369 g/mol. The van der Waals surface area contributed by atoms with Gasteiger partial charge in [0.2, 0.25) is 5.95 Å². The molecule has 142 valence electrons. The number of piperazine rings is 1. The summed E-state index contributed by atoms with van der Waals surface area (Å²) in [6.45, 7) is 2.41. The van der Waals surface area contributed by atoms with E-state index in [-0.39, 0.29) is 6.04 Å². The van der Waals surface area contributed by atoms with Gasteiger partial charge in [0, 0.05) is 43.5 Å². The summed E-state index contributed by atoms with van der Waals surface area (Å²) in [5.41, 5.74) is 6.96. The molecule has 0 saturated carbocycles. The molecule has 0 bridgehead atoms. The van der Waals surface area contributed by atoms with Crippen molar-refractivity contribution in [2.75, 3.05) is 51.5 Å². The smallest absolute Gasteiger partial charge is 0.227 e. The van der Waals surface area contributed by atoms with Gasteiger partial charge in [0.1, 0.15) is 11.6 Å². The fourth-order valence-corrected chi connectivity index (χ4v) is 3.42. The van der Waals surface area contributed by atoms with Crippen molar-refractivity contribution in [1.82, 2.24) is 24.8 Å². The number of nitrogens with two attached hydrogens (primary N) is 1. The number of hydrogen-bond donors (Lipinski definition) is 2. The minimum Gasteiger partial charge on any atom is -0.493 e. The van der Waals surface area contributed by atoms with Crippen LogP contribution in [0.25, 0.3) is 10.9 Å². The third-order valence-electron chi connectivity index (χ3n) is 4.98. The van der Waals surface area contributed by atoms with E-state index in [0.29, 0.717) is 23.3 Å². The van der Waals surface area contributed by atoms with Crippen molar-refractivity contribution in [2.24, 2.45) is 0 Å². The quantitative estimate of drug-likeness (QED) is 0.712. The minimum atomic E-state index is 0.139. The zero-order valence-electron chi connectivity index (χ0n) is 15.6. The first-order valence-corrected chi connectivity index (χ1v) is 8.74. The summed E-state index contributed by atoms with van der Waals surface area (Å²) in [7, 11) is 5.29. The second-order valence-electron chi connectivity index (χ2n) is 6.55. The highest BCUT2D eigenvalue weighted by atomic mass is 16.5. The van der Waals surface area contributed by atoms with Crippen molar-refractivity contribution in [2.45, 2.75) is 6.04 Å². The second-order valence-corrected chi connectivity index (χ2v) is 6.55. The molecule has 3 aromatic rings. The predicted molar refractivity (Wildman–Crippen MR) is 103 cm³/mol. The molecule has 1 aliphatic heterocycles. The number of nitrogens with one attached hydrogen (secondary N) is 1. The fourth-order valence-electron chi connectivity index (χ4n) is 3.42. The third kappa shape index (κ3) is 3.10. The summed E-state index contributed by atoms with van der Waals surface area (Å²) in [6.07, 6.45) is 3.61. The number of imidazole rings is 1. The zero-order chi connectivity index (χ0) is 19.0. The summed E-state index contributed by atoms with van der Waals surface area (Å²) >= 11 is 0. The molecule has 0 amide bonds. The molecule has 0 spiro atoms. The van der Waals surface area contributed by atoms with Gasteiger partial charge in [-0.25, -0.2) is 9.97 Å². The molecule has 1 aliphatic rings. The molecule has 3 N–H and O–H groups in total. The lowest BCUT2D eigenvalue weighted by atomic mass is 10.1. The lowest BCUT2D eigenvalue weighted by molar-refractivity contribution is 0.212. The summed E-state index contributed by atoms with van der Waals surface area (Å²) in [5.74, 6) is 3.18. The van der Waals surface area contributed by atoms with Crippen LogP contribution in [0.1, 0.15) is 11.9 Å². The molecule has 1 aromatic carbocycles. The molecule has 3 heterocycles. The normalized spacial score (nSPS) is 18.0. The highest BCUT2D eigenvalue weighted by molar-refractivity contribution is 5.91. The number of methoxy groups -OCH3 is 2. The number of H-pyrrole nitrogens is 1. The van der Waals surface area contributed by atoms with Gasteiger partial charge in [-0.1, -0.05) is 0 Å². The lowest BCUT2D eigenvalue weighted by Gasteiger charge is -2.38. The standard InChI is InChI=1S/C18H23N7O2/c1-24-6-7-25(10-13(24)17-20-4-5-21-17)18-22-12-9-15(27-3)14(26-2)8-11(12)16(19)23-18/h4-5,8-9,13H,6-7,10H2,1-3H3,(H,20,21)(H2,19,22,23)/t13-/m0/s1. The third-order valence-corrected chi connectivity index (χ3v) is 4.98. The second kappa shape index (κ2) is 6.92. The van der Waals surface area contributed by atoms with E-state index in [2.05, 4.69) is 31.8 Å². The van der Waals surface area contributed by atoms with Crippen LogP contribution in [-0.2, 0) is 0 Å². The van der Waals surface area contributed by atoms with Crippen molar-refractivity contribution in [1.29, 1.82) is 0 Å². The number of fused-ring (bicyclic) bond motifs is 1. The van der Waals surface area contributed by atoms with E-state index in [9.17, 15) is 0 Å². The molecule has 9 heteroatoms. The summed E-state index contributed by atoms with van der Waals surface area (Å²) in [6, 6.07) is 3.78. The lowest BCUT2D eigenvalue weighted by Crippen LogP contribution is -2.47. The summed E-state index contributed by atoms with van der Waals surface area (Å²) in [5, 5.41) is 0.744. The molecule has 0 radical (unpaired) electrons. The van der Waals surface area contributed by atoms with Crippen molar-refractivity contribution in [3.8, 4) is 11.5 Å². The number of ether oxygens (including phenoxy) is 2. The van der Waals surface area contributed by atoms with Crippen LogP contribution in [0.5, 0.6) is 11.5 Å². The monoisotopic (exact) mass is 369 g/mol. The number of benzene rings is 1. The molecule has 0 aliphatic carbocycles. The van der Waals surface area contributed by atoms with Crippen molar-refractivity contribution >= 4 is 22.7 Å². The fraction of sp³-hybridized carbons (Fsp3) is 0.389. The van der Waals surface area contributed by atoms with E-state index in [1.54, 1.807) is 20.4 Å². The Balaban J connectivity index is 1.71. The van der Waals surface area contributed by atoms with Crippen LogP contribution >= 0.6 is 0 Å². The largest absolute Gasteiger partial charge is 0.493 e. The van der Waals surface area contributed by atoms with Crippen LogP contribution in [0.2, 0.25) is 0 Å². The van der Waals surface area contributed by atoms with Gasteiger partial charge in [-0.2, -0.15) is 4.98 Å². The van der Waals surface area contributed by atoms with E-state index in [1.165, 1.54) is 0 Å². The molecule has 9 nitrogen and oxygen atoms in total. The number of aromatic amines is 1. The van der Waals surface area contributed by atoms with Crippen LogP contribution in [0.15, 0.2) is 24.5 Å². The Labute approximate surface area is 157 Å². The number of rotatable bonds is 4. The van der Waals surface area contributed by atoms with Crippen LogP contribution in [0.4, 0.5) is 11.8 Å². The molecule has 4 rings (SSSR count). The van der Waals surface area contributed by atoms with Crippen molar-refractivity contribution in [3.63, 3.8) is 0 Å². The van der Waals surface area contributed by atoms with Gasteiger partial charge in [-0.3, -0.25) is 4.90 Å². The first-order chi connectivity index (χ1) is 13.1. The number of nitrogens with zero attached hydrogens (tertiary/aromatic N) is 5. The Hall–Kier alpha value is -3.07. The van der Waals surface area contributed by atoms with Gasteiger partial charge >= 0.3 is 0 Å². The summed E-state index contributed by atoms with van der Waals surface area (Å²) < 4.78 is 10.7. The SMILES string of the molecule is COc1cc2nc(N3CCN(C)[C@H](c4ncc[nH]4)C3)nc(N)c2cc1OC. The molecular weight excluding hydrogens is 346 g/mol. The van der Waals surface area contributed by atoms with Gasteiger partial charge < -0.3 is 25.1 Å². The number of likely N-dealkylation sites (N-methyl/N-ethyl adjacent to an activating group) is 1. The van der Waals surface area contributed by atoms with Gasteiger partial charge in [0.05, 0.1) is 25.8 Å². The average Bonchev–Trinajstić information content (AvgIpc) is 3.21. The number of hydrogen-bond acceptors (Lipinski definition) is 8. The Kier molecular flexibility index (Phi) is 4.44. The molecule has 1 fully saturated rings. The number of aromatic nitrogens is 4. The van der Waals surface area contributed by atoms with Crippen LogP contribution in [-0.4, -0.2) is 65.7 Å². The summed E-state index contributed by atoms with van der Waals surface area (Å²) in [4.78, 5) is 21.3. The predicted octanol–water partition coefficient (Wildman–Crippen LogP) is 1.45. The molecule has 0 unspecified atom stereocenters. The Morgan fingerprint density at radius 2 is 1.93 bits per heavy atom. The van der Waals surface area contributed by atoms with Gasteiger partial charge in [0.15, 0.2) is 11.5 Å². The van der Waals surface area contributed by atoms with Crippen molar-refractivity contribution < 1.29 is 9.47 Å². The highest BCUT2D eigenvalue weighted by Crippen LogP contribution is 2.34. The maximum Gasteiger partial charge on any atom is 0.227 e. The van der Waals surface area contributed by atoms with Crippen LogP contribution in [0, 0.1) is 0 Å². The topological polar surface area (TPSA) is 105 Å². The van der Waals surface area contributed by atoms with Gasteiger partial charge in [0.25, 0.3) is 0 Å². The molecule has 2 aromatic heterocycles. The van der Waals surface area contributed by atoms with E-state index < -0.39 is 0 Å². The van der Waals surface area contributed by atoms with Gasteiger partial charge in [-0.15, -0.1) is 0 Å². The van der Waals surface area contributed by atoms with Crippen molar-refractivity contribution in [3.05, 3.63) is 30.4 Å². The first-order valence-electron chi connectivity index (χ1n) is 8.74. The van der Waals surface area contributed by atoms with E-state index in [4.69, 9.17) is 20.2 Å². The van der Waals surface area contributed by atoms with E-state index >= 15 is 0 Å². The first kappa shape index (κ1) is 17.3. The molecular formula is C18H23N7O2. The zero-order valence-corrected chi connectivity index (χ0v) is 15.6.